The van der Waals surface area contributed by atoms with Crippen molar-refractivity contribution in [3.63, 3.8) is 0 Å². The lowest BCUT2D eigenvalue weighted by Gasteiger charge is -2.11. The Balaban J connectivity index is 2.20. The molecule has 0 saturated carbocycles. The number of benzene rings is 1. The Labute approximate surface area is 127 Å². The molecule has 0 spiro atoms. The number of anilines is 1. The van der Waals surface area contributed by atoms with Gasteiger partial charge in [-0.3, -0.25) is 30.7 Å². The second-order valence-electron chi connectivity index (χ2n) is 4.31. The monoisotopic (exact) mass is 326 g/mol. The molecule has 0 aliphatic rings. The molecule has 0 unspecified atom stereocenters. The van der Waals surface area contributed by atoms with E-state index in [1.165, 1.54) is 24.5 Å². The van der Waals surface area contributed by atoms with Gasteiger partial charge in [-0.1, -0.05) is 0 Å². The summed E-state index contributed by atoms with van der Waals surface area (Å²) in [5.74, 6) is -0.646. The van der Waals surface area contributed by atoms with E-state index in [9.17, 15) is 28.1 Å². The van der Waals surface area contributed by atoms with E-state index >= 15 is 0 Å². The number of aromatic nitrogens is 1. The van der Waals surface area contributed by atoms with E-state index in [1.807, 2.05) is 0 Å². The van der Waals surface area contributed by atoms with Crippen molar-refractivity contribution in [2.75, 3.05) is 5.43 Å². The molecule has 2 aromatic rings. The summed E-state index contributed by atoms with van der Waals surface area (Å²) in [7, 11) is 0. The molecular weight excluding hydrogens is 317 g/mol. The summed E-state index contributed by atoms with van der Waals surface area (Å²) < 4.78 is 37.7. The van der Waals surface area contributed by atoms with Gasteiger partial charge in [0.2, 0.25) is 0 Å². The number of carbonyl (C=O) groups is 1. The first kappa shape index (κ1) is 16.2. The molecule has 0 saturated heterocycles. The van der Waals surface area contributed by atoms with E-state index in [0.29, 0.717) is 12.1 Å². The zero-order chi connectivity index (χ0) is 17.0. The van der Waals surface area contributed by atoms with Crippen LogP contribution in [-0.4, -0.2) is 15.8 Å². The van der Waals surface area contributed by atoms with Crippen LogP contribution < -0.4 is 10.9 Å². The Bertz CT molecular complexity index is 735. The number of rotatable bonds is 4. The normalized spacial score (nSPS) is 10.9. The Kier molecular flexibility index (Phi) is 4.44. The molecule has 0 atom stereocenters. The van der Waals surface area contributed by atoms with Crippen molar-refractivity contribution >= 4 is 17.3 Å². The van der Waals surface area contributed by atoms with Gasteiger partial charge in [-0.2, -0.15) is 13.2 Å². The van der Waals surface area contributed by atoms with Crippen LogP contribution in [0.5, 0.6) is 0 Å². The van der Waals surface area contributed by atoms with Crippen LogP contribution in [0.2, 0.25) is 0 Å². The minimum Gasteiger partial charge on any atom is -0.292 e. The fraction of sp³-hybridized carbons (Fsp3) is 0.0769. The predicted octanol–water partition coefficient (Wildman–Crippen LogP) is 2.77. The third kappa shape index (κ3) is 3.93. The van der Waals surface area contributed by atoms with Gasteiger partial charge in [0, 0.05) is 18.5 Å². The quantitative estimate of drug-likeness (QED) is 0.665. The smallest absolute Gasteiger partial charge is 0.292 e. The Hall–Kier alpha value is -3.17. The van der Waals surface area contributed by atoms with Crippen molar-refractivity contribution in [1.29, 1.82) is 0 Å². The summed E-state index contributed by atoms with van der Waals surface area (Å²) in [4.78, 5) is 25.4. The fourth-order valence-corrected chi connectivity index (χ4v) is 1.66. The van der Waals surface area contributed by atoms with Crippen molar-refractivity contribution in [3.8, 4) is 0 Å². The lowest BCUT2D eigenvalue weighted by molar-refractivity contribution is -0.384. The van der Waals surface area contributed by atoms with Crippen LogP contribution in [0.15, 0.2) is 42.7 Å². The summed E-state index contributed by atoms with van der Waals surface area (Å²) in [6.45, 7) is 0. The highest BCUT2D eigenvalue weighted by molar-refractivity contribution is 5.94. The summed E-state index contributed by atoms with van der Waals surface area (Å²) in [6.07, 6.45) is -1.99. The van der Waals surface area contributed by atoms with Crippen molar-refractivity contribution in [2.24, 2.45) is 0 Å². The number of carbonyl (C=O) groups excluding carboxylic acids is 1. The minimum atomic E-state index is -4.71. The summed E-state index contributed by atoms with van der Waals surface area (Å²) >= 11 is 0. The van der Waals surface area contributed by atoms with Gasteiger partial charge in [0.1, 0.15) is 5.69 Å². The number of nitrogens with zero attached hydrogens (tertiary/aromatic N) is 2. The molecule has 1 aromatic heterocycles. The lowest BCUT2D eigenvalue weighted by atomic mass is 10.1. The predicted molar refractivity (Wildman–Crippen MR) is 73.4 cm³/mol. The van der Waals surface area contributed by atoms with Gasteiger partial charge in [-0.25, -0.2) is 0 Å². The average molecular weight is 326 g/mol. The van der Waals surface area contributed by atoms with Gasteiger partial charge in [-0.15, -0.1) is 0 Å². The minimum absolute atomic E-state index is 0.176. The number of pyridine rings is 1. The molecule has 1 aromatic carbocycles. The van der Waals surface area contributed by atoms with Gasteiger partial charge >= 0.3 is 6.18 Å². The number of hydrogen-bond donors (Lipinski definition) is 2. The Morgan fingerprint density at radius 2 is 2.00 bits per heavy atom. The highest BCUT2D eigenvalue weighted by Gasteiger charge is 2.33. The number of hydrogen-bond acceptors (Lipinski definition) is 5. The van der Waals surface area contributed by atoms with Crippen molar-refractivity contribution in [1.82, 2.24) is 10.4 Å². The van der Waals surface area contributed by atoms with E-state index in [2.05, 4.69) is 15.8 Å². The highest BCUT2D eigenvalue weighted by Crippen LogP contribution is 2.34. The third-order valence-corrected chi connectivity index (χ3v) is 2.76. The molecule has 2 rings (SSSR count). The van der Waals surface area contributed by atoms with E-state index in [4.69, 9.17) is 0 Å². The molecule has 10 heteroatoms. The first-order valence-electron chi connectivity index (χ1n) is 6.11. The standard InChI is InChI=1S/C13H9F3N4O3/c14-13(15,16)9-3-4-10(11(6-9)20(22)23)18-19-12(21)8-2-1-5-17-7-8/h1-7,18H,(H,19,21). The van der Waals surface area contributed by atoms with Gasteiger partial charge in [0.15, 0.2) is 0 Å². The SMILES string of the molecule is O=C(NNc1ccc(C(F)(F)F)cc1[N+](=O)[O-])c1cccnc1. The maximum atomic E-state index is 12.6. The van der Waals surface area contributed by atoms with Crippen LogP contribution in [0, 0.1) is 10.1 Å². The first-order valence-corrected chi connectivity index (χ1v) is 6.11. The maximum Gasteiger partial charge on any atom is 0.416 e. The number of alkyl halides is 3. The average Bonchev–Trinajstić information content (AvgIpc) is 2.52. The molecule has 0 fully saturated rings. The first-order chi connectivity index (χ1) is 10.8. The molecule has 0 aliphatic heterocycles. The Morgan fingerprint density at radius 3 is 2.57 bits per heavy atom. The molecular formula is C13H9F3N4O3. The second kappa shape index (κ2) is 6.30. The molecule has 1 heterocycles. The van der Waals surface area contributed by atoms with E-state index < -0.39 is 28.3 Å². The summed E-state index contributed by atoms with van der Waals surface area (Å²) in [5, 5.41) is 10.9. The van der Waals surface area contributed by atoms with Gasteiger partial charge in [0.05, 0.1) is 16.1 Å². The molecule has 1 amide bonds. The Morgan fingerprint density at radius 1 is 1.26 bits per heavy atom. The van der Waals surface area contributed by atoms with Crippen LogP contribution in [0.4, 0.5) is 24.5 Å². The highest BCUT2D eigenvalue weighted by atomic mass is 19.4. The second-order valence-corrected chi connectivity index (χ2v) is 4.31. The zero-order valence-corrected chi connectivity index (χ0v) is 11.3. The van der Waals surface area contributed by atoms with E-state index in [-0.39, 0.29) is 11.3 Å². The number of amides is 1. The van der Waals surface area contributed by atoms with Crippen LogP contribution in [-0.2, 0) is 6.18 Å². The van der Waals surface area contributed by atoms with Crippen LogP contribution >= 0.6 is 0 Å². The number of hydrazine groups is 1. The largest absolute Gasteiger partial charge is 0.416 e. The van der Waals surface area contributed by atoms with Gasteiger partial charge in [0.25, 0.3) is 11.6 Å². The van der Waals surface area contributed by atoms with E-state index in [1.54, 1.807) is 0 Å². The molecule has 0 aliphatic carbocycles. The van der Waals surface area contributed by atoms with Crippen LogP contribution in [0.1, 0.15) is 15.9 Å². The fourth-order valence-electron chi connectivity index (χ4n) is 1.66. The van der Waals surface area contributed by atoms with Crippen molar-refractivity contribution in [3.05, 3.63) is 64.0 Å². The lowest BCUT2D eigenvalue weighted by Crippen LogP contribution is -2.29. The van der Waals surface area contributed by atoms with Crippen LogP contribution in [0.25, 0.3) is 0 Å². The van der Waals surface area contributed by atoms with Crippen LogP contribution in [0.3, 0.4) is 0 Å². The molecule has 2 N–H and O–H groups in total. The molecule has 0 radical (unpaired) electrons. The number of nitro groups is 1. The third-order valence-electron chi connectivity index (χ3n) is 2.76. The van der Waals surface area contributed by atoms with Crippen molar-refractivity contribution < 1.29 is 22.9 Å². The number of nitrogens with one attached hydrogen (secondary N) is 2. The summed E-state index contributed by atoms with van der Waals surface area (Å²) in [5.41, 5.74) is 2.31. The molecule has 7 nitrogen and oxygen atoms in total. The van der Waals surface area contributed by atoms with E-state index in [0.717, 1.165) is 6.07 Å². The zero-order valence-electron chi connectivity index (χ0n) is 11.3. The number of nitro benzene ring substituents is 1. The maximum absolute atomic E-state index is 12.6. The molecule has 0 bridgehead atoms. The summed E-state index contributed by atoms with van der Waals surface area (Å²) in [6, 6.07) is 4.88. The topological polar surface area (TPSA) is 97.2 Å². The molecule has 23 heavy (non-hydrogen) atoms. The van der Waals surface area contributed by atoms with Crippen molar-refractivity contribution in [2.45, 2.75) is 6.18 Å². The van der Waals surface area contributed by atoms with Gasteiger partial charge in [-0.05, 0) is 24.3 Å². The van der Waals surface area contributed by atoms with Gasteiger partial charge < -0.3 is 0 Å². The number of halogens is 3. The molecule has 120 valence electrons.